The lowest BCUT2D eigenvalue weighted by atomic mass is 9.99. The highest BCUT2D eigenvalue weighted by Gasteiger charge is 2.30. The highest BCUT2D eigenvalue weighted by Crippen LogP contribution is 2.32. The molecule has 2 aromatic carbocycles. The van der Waals surface area contributed by atoms with E-state index in [9.17, 15) is 4.79 Å². The van der Waals surface area contributed by atoms with Crippen LogP contribution in [-0.2, 0) is 11.2 Å². The van der Waals surface area contributed by atoms with E-state index in [0.29, 0.717) is 5.56 Å². The van der Waals surface area contributed by atoms with Crippen molar-refractivity contribution in [2.24, 2.45) is 0 Å². The number of hydrogen-bond donors (Lipinski definition) is 0. The third-order valence-electron chi connectivity index (χ3n) is 3.04. The first-order valence-electron chi connectivity index (χ1n) is 5.68. The number of rotatable bonds is 2. The van der Waals surface area contributed by atoms with Gasteiger partial charge in [0, 0.05) is 12.0 Å². The molecule has 0 unspecified atom stereocenters. The molecule has 3 rings (SSSR count). The Balaban J connectivity index is 1.90. The van der Waals surface area contributed by atoms with E-state index in [1.165, 1.54) is 5.56 Å². The molecular weight excluding hydrogens is 212 g/mol. The molecule has 1 atom stereocenters. The molecule has 1 aliphatic rings. The van der Waals surface area contributed by atoms with E-state index in [1.54, 1.807) is 0 Å². The van der Waals surface area contributed by atoms with Gasteiger partial charge in [0.1, 0.15) is 6.10 Å². The fraction of sp³-hybridized carbons (Fsp3) is 0.133. The Morgan fingerprint density at radius 3 is 2.47 bits per heavy atom. The minimum atomic E-state index is -0.207. The molecule has 0 spiro atoms. The zero-order valence-corrected chi connectivity index (χ0v) is 9.30. The molecular formula is C15H12O2. The van der Waals surface area contributed by atoms with Crippen molar-refractivity contribution in [3.05, 3.63) is 71.3 Å². The first-order chi connectivity index (χ1) is 8.34. The Morgan fingerprint density at radius 1 is 0.941 bits per heavy atom. The van der Waals surface area contributed by atoms with Gasteiger partial charge in [-0.3, -0.25) is 0 Å². The molecule has 0 saturated carbocycles. The normalized spacial score (nSPS) is 17.6. The number of carbonyl (C=O) groups excluding carboxylic acids is 1. The van der Waals surface area contributed by atoms with Crippen molar-refractivity contribution in [1.29, 1.82) is 0 Å². The Hall–Kier alpha value is -2.09. The molecule has 17 heavy (non-hydrogen) atoms. The van der Waals surface area contributed by atoms with Crippen LogP contribution in [0.1, 0.15) is 27.6 Å². The van der Waals surface area contributed by atoms with Gasteiger partial charge in [-0.1, -0.05) is 48.5 Å². The zero-order chi connectivity index (χ0) is 11.7. The van der Waals surface area contributed by atoms with E-state index >= 15 is 0 Å². The molecule has 0 radical (unpaired) electrons. The summed E-state index contributed by atoms with van der Waals surface area (Å²) < 4.78 is 5.40. The number of cyclic esters (lactones) is 1. The standard InChI is InChI=1S/C15H12O2/c16-15-13-9-5-4-8-12(13)14(17-15)10-11-6-2-1-3-7-11/h1-9,14H,10H2/t14-/m0/s1. The molecule has 0 amide bonds. The molecule has 0 fully saturated rings. The first-order valence-corrected chi connectivity index (χ1v) is 5.68. The number of benzene rings is 2. The van der Waals surface area contributed by atoms with Crippen LogP contribution in [0.2, 0.25) is 0 Å². The second-order valence-electron chi connectivity index (χ2n) is 4.17. The lowest BCUT2D eigenvalue weighted by Crippen LogP contribution is -2.02. The molecule has 2 nitrogen and oxygen atoms in total. The Morgan fingerprint density at radius 2 is 1.65 bits per heavy atom. The Bertz CT molecular complexity index is 546. The van der Waals surface area contributed by atoms with Crippen LogP contribution in [0.15, 0.2) is 54.6 Å². The van der Waals surface area contributed by atoms with Crippen LogP contribution in [0, 0.1) is 0 Å². The maximum atomic E-state index is 11.6. The number of hydrogen-bond acceptors (Lipinski definition) is 2. The highest BCUT2D eigenvalue weighted by atomic mass is 16.5. The van der Waals surface area contributed by atoms with Crippen molar-refractivity contribution in [3.63, 3.8) is 0 Å². The second-order valence-corrected chi connectivity index (χ2v) is 4.17. The van der Waals surface area contributed by atoms with Gasteiger partial charge in [0.05, 0.1) is 5.56 Å². The van der Waals surface area contributed by atoms with Crippen molar-refractivity contribution in [2.45, 2.75) is 12.5 Å². The summed E-state index contributed by atoms with van der Waals surface area (Å²) in [5.41, 5.74) is 2.89. The highest BCUT2D eigenvalue weighted by molar-refractivity contribution is 5.94. The molecule has 0 aromatic heterocycles. The van der Waals surface area contributed by atoms with Crippen molar-refractivity contribution in [1.82, 2.24) is 0 Å². The van der Waals surface area contributed by atoms with Crippen LogP contribution < -0.4 is 0 Å². The van der Waals surface area contributed by atoms with Crippen molar-refractivity contribution in [2.75, 3.05) is 0 Å². The van der Waals surface area contributed by atoms with Gasteiger partial charge < -0.3 is 4.74 Å². The molecule has 0 aliphatic carbocycles. The van der Waals surface area contributed by atoms with Crippen LogP contribution in [0.25, 0.3) is 0 Å². The third-order valence-corrected chi connectivity index (χ3v) is 3.04. The zero-order valence-electron chi connectivity index (χ0n) is 9.30. The van der Waals surface area contributed by atoms with E-state index in [4.69, 9.17) is 4.74 Å². The van der Waals surface area contributed by atoms with E-state index in [-0.39, 0.29) is 12.1 Å². The topological polar surface area (TPSA) is 26.3 Å². The van der Waals surface area contributed by atoms with Crippen molar-refractivity contribution in [3.8, 4) is 0 Å². The third kappa shape index (κ3) is 1.82. The quantitative estimate of drug-likeness (QED) is 0.732. The van der Waals surface area contributed by atoms with Crippen LogP contribution in [-0.4, -0.2) is 5.97 Å². The summed E-state index contributed by atoms with van der Waals surface area (Å²) in [6.07, 6.45) is 0.602. The monoisotopic (exact) mass is 224 g/mol. The van der Waals surface area contributed by atoms with Gasteiger partial charge in [-0.15, -0.1) is 0 Å². The number of ether oxygens (including phenoxy) is 1. The largest absolute Gasteiger partial charge is 0.454 e. The fourth-order valence-electron chi connectivity index (χ4n) is 2.20. The maximum Gasteiger partial charge on any atom is 0.339 e. The lowest BCUT2D eigenvalue weighted by molar-refractivity contribution is 0.0387. The maximum absolute atomic E-state index is 11.6. The SMILES string of the molecule is O=C1O[C@@H](Cc2ccccc2)c2ccccc21. The summed E-state index contributed by atoms with van der Waals surface area (Å²) in [5, 5.41) is 0. The van der Waals surface area contributed by atoms with Gasteiger partial charge in [-0.25, -0.2) is 4.79 Å². The average molecular weight is 224 g/mol. The van der Waals surface area contributed by atoms with Crippen molar-refractivity contribution >= 4 is 5.97 Å². The molecule has 84 valence electrons. The van der Waals surface area contributed by atoms with Gasteiger partial charge in [0.2, 0.25) is 0 Å². The lowest BCUT2D eigenvalue weighted by Gasteiger charge is -2.10. The van der Waals surface area contributed by atoms with E-state index in [0.717, 1.165) is 12.0 Å². The van der Waals surface area contributed by atoms with E-state index in [1.807, 2.05) is 42.5 Å². The summed E-state index contributed by atoms with van der Waals surface area (Å²) in [5.74, 6) is -0.207. The molecule has 1 aliphatic heterocycles. The average Bonchev–Trinajstić information content (AvgIpc) is 2.69. The predicted molar refractivity (Wildman–Crippen MR) is 64.7 cm³/mol. The number of fused-ring (bicyclic) bond motifs is 1. The van der Waals surface area contributed by atoms with Crippen LogP contribution in [0.3, 0.4) is 0 Å². The molecule has 0 saturated heterocycles. The molecule has 2 aromatic rings. The van der Waals surface area contributed by atoms with Crippen molar-refractivity contribution < 1.29 is 9.53 Å². The minimum Gasteiger partial charge on any atom is -0.454 e. The van der Waals surface area contributed by atoms with Gasteiger partial charge in [0.15, 0.2) is 0 Å². The Labute approximate surface area is 99.9 Å². The van der Waals surface area contributed by atoms with Gasteiger partial charge in [-0.2, -0.15) is 0 Å². The second kappa shape index (κ2) is 4.06. The van der Waals surface area contributed by atoms with Gasteiger partial charge in [-0.05, 0) is 11.6 Å². The minimum absolute atomic E-state index is 0.138. The van der Waals surface area contributed by atoms with Crippen LogP contribution in [0.4, 0.5) is 0 Å². The summed E-state index contributed by atoms with van der Waals surface area (Å²) in [6.45, 7) is 0. The van der Waals surface area contributed by atoms with E-state index in [2.05, 4.69) is 12.1 Å². The molecule has 0 bridgehead atoms. The summed E-state index contributed by atoms with van der Waals surface area (Å²) in [7, 11) is 0. The summed E-state index contributed by atoms with van der Waals surface area (Å²) in [6, 6.07) is 17.7. The number of carbonyl (C=O) groups is 1. The van der Waals surface area contributed by atoms with Crippen LogP contribution in [0.5, 0.6) is 0 Å². The molecule has 2 heteroatoms. The number of esters is 1. The van der Waals surface area contributed by atoms with Gasteiger partial charge in [0.25, 0.3) is 0 Å². The molecule has 0 N–H and O–H groups in total. The molecule has 1 heterocycles. The fourth-order valence-corrected chi connectivity index (χ4v) is 2.20. The summed E-state index contributed by atoms with van der Waals surface area (Å²) >= 11 is 0. The summed E-state index contributed by atoms with van der Waals surface area (Å²) in [4.78, 5) is 11.6. The first kappa shape index (κ1) is 10.1. The van der Waals surface area contributed by atoms with Crippen LogP contribution >= 0.6 is 0 Å². The smallest absolute Gasteiger partial charge is 0.339 e. The Kier molecular flexibility index (Phi) is 2.41. The predicted octanol–water partition coefficient (Wildman–Crippen LogP) is 3.14. The van der Waals surface area contributed by atoms with E-state index < -0.39 is 0 Å². The van der Waals surface area contributed by atoms with Gasteiger partial charge >= 0.3 is 5.97 Å².